The van der Waals surface area contributed by atoms with Crippen molar-refractivity contribution in [2.24, 2.45) is 5.92 Å². The zero-order valence-electron chi connectivity index (χ0n) is 18.1. The summed E-state index contributed by atoms with van der Waals surface area (Å²) in [7, 11) is 1.62. The van der Waals surface area contributed by atoms with Gasteiger partial charge in [-0.05, 0) is 51.8 Å². The molecule has 1 aliphatic heterocycles. The maximum atomic E-state index is 13.0. The molecule has 0 N–H and O–H groups in total. The number of carbonyl (C=O) groups is 3. The van der Waals surface area contributed by atoms with E-state index in [1.807, 2.05) is 31.2 Å². The molecule has 7 nitrogen and oxygen atoms in total. The molecule has 30 heavy (non-hydrogen) atoms. The summed E-state index contributed by atoms with van der Waals surface area (Å²) in [6.07, 6.45) is 1.47. The predicted octanol–water partition coefficient (Wildman–Crippen LogP) is 2.73. The molecular formula is C23H29N3O4. The minimum absolute atomic E-state index is 0.0420. The number of rotatable bonds is 5. The number of aryl methyl sites for hydroxylation is 2. The summed E-state index contributed by atoms with van der Waals surface area (Å²) in [5.74, 6) is -0.954. The standard InChI is InChI=1S/C23H29N3O4/c1-5-30-23(29)17-7-6-10-26(13-17)21(27)14-25(4)22(28)19-12-18-11-15(2)8-9-20(18)24-16(19)3/h8-9,11-12,17H,5-7,10,13-14H2,1-4H3. The number of pyridine rings is 1. The zero-order chi connectivity index (χ0) is 21.8. The molecule has 1 unspecified atom stereocenters. The van der Waals surface area contributed by atoms with E-state index in [0.717, 1.165) is 29.3 Å². The lowest BCUT2D eigenvalue weighted by Crippen LogP contribution is -2.47. The number of carbonyl (C=O) groups excluding carboxylic acids is 3. The Bertz CT molecular complexity index is 972. The fourth-order valence-electron chi connectivity index (χ4n) is 3.85. The van der Waals surface area contributed by atoms with Gasteiger partial charge in [-0.25, -0.2) is 0 Å². The number of aromatic nitrogens is 1. The van der Waals surface area contributed by atoms with Crippen LogP contribution in [0.2, 0.25) is 0 Å². The molecule has 2 amide bonds. The third kappa shape index (κ3) is 4.78. The third-order valence-corrected chi connectivity index (χ3v) is 5.50. The fraction of sp³-hybridized carbons (Fsp3) is 0.478. The van der Waals surface area contributed by atoms with Crippen LogP contribution in [0.25, 0.3) is 10.9 Å². The Morgan fingerprint density at radius 2 is 2.00 bits per heavy atom. The number of fused-ring (bicyclic) bond motifs is 1. The van der Waals surface area contributed by atoms with Crippen LogP contribution in [-0.4, -0.2) is 65.9 Å². The van der Waals surface area contributed by atoms with Crippen molar-refractivity contribution in [3.63, 3.8) is 0 Å². The van der Waals surface area contributed by atoms with Crippen molar-refractivity contribution in [1.29, 1.82) is 0 Å². The minimum Gasteiger partial charge on any atom is -0.466 e. The van der Waals surface area contributed by atoms with Crippen LogP contribution in [0.15, 0.2) is 24.3 Å². The first-order valence-corrected chi connectivity index (χ1v) is 10.4. The molecule has 1 aliphatic rings. The molecule has 1 aromatic heterocycles. The van der Waals surface area contributed by atoms with Gasteiger partial charge in [0.2, 0.25) is 5.91 Å². The van der Waals surface area contributed by atoms with Crippen molar-refractivity contribution < 1.29 is 19.1 Å². The molecule has 0 saturated carbocycles. The van der Waals surface area contributed by atoms with Crippen molar-refractivity contribution in [3.8, 4) is 0 Å². The number of likely N-dealkylation sites (tertiary alicyclic amines) is 1. The minimum atomic E-state index is -0.293. The van der Waals surface area contributed by atoms with Crippen LogP contribution < -0.4 is 0 Å². The molecule has 0 aliphatic carbocycles. The molecule has 3 rings (SSSR count). The molecule has 2 heterocycles. The highest BCUT2D eigenvalue weighted by Gasteiger charge is 2.30. The first-order chi connectivity index (χ1) is 14.3. The van der Waals surface area contributed by atoms with Crippen LogP contribution in [0.1, 0.15) is 41.4 Å². The van der Waals surface area contributed by atoms with Crippen LogP contribution in [0, 0.1) is 19.8 Å². The van der Waals surface area contributed by atoms with Gasteiger partial charge < -0.3 is 14.5 Å². The third-order valence-electron chi connectivity index (χ3n) is 5.50. The van der Waals surface area contributed by atoms with Crippen molar-refractivity contribution in [2.75, 3.05) is 33.3 Å². The average molecular weight is 412 g/mol. The highest BCUT2D eigenvalue weighted by molar-refractivity contribution is 6.00. The van der Waals surface area contributed by atoms with Crippen LogP contribution in [0.3, 0.4) is 0 Å². The normalized spacial score (nSPS) is 16.4. The SMILES string of the molecule is CCOC(=O)C1CCCN(C(=O)CN(C)C(=O)c2cc3cc(C)ccc3nc2C)C1. The van der Waals surface area contributed by atoms with E-state index in [0.29, 0.717) is 31.0 Å². The summed E-state index contributed by atoms with van der Waals surface area (Å²) in [6.45, 7) is 6.79. The lowest BCUT2D eigenvalue weighted by atomic mass is 9.98. The number of esters is 1. The highest BCUT2D eigenvalue weighted by Crippen LogP contribution is 2.20. The highest BCUT2D eigenvalue weighted by atomic mass is 16.5. The Balaban J connectivity index is 1.69. The van der Waals surface area contributed by atoms with Crippen molar-refractivity contribution in [2.45, 2.75) is 33.6 Å². The number of likely N-dealkylation sites (N-methyl/N-ethyl adjacent to an activating group) is 1. The van der Waals surface area contributed by atoms with Crippen molar-refractivity contribution in [1.82, 2.24) is 14.8 Å². The maximum Gasteiger partial charge on any atom is 0.310 e. The topological polar surface area (TPSA) is 79.8 Å². The summed E-state index contributed by atoms with van der Waals surface area (Å²) in [5.41, 5.74) is 3.06. The number of piperidine rings is 1. The van der Waals surface area contributed by atoms with Crippen LogP contribution in [-0.2, 0) is 14.3 Å². The van der Waals surface area contributed by atoms with E-state index in [9.17, 15) is 14.4 Å². The quantitative estimate of drug-likeness (QED) is 0.707. The van der Waals surface area contributed by atoms with E-state index in [1.165, 1.54) is 4.90 Å². The van der Waals surface area contributed by atoms with E-state index in [4.69, 9.17) is 4.74 Å². The molecular weight excluding hydrogens is 382 g/mol. The van der Waals surface area contributed by atoms with Crippen LogP contribution >= 0.6 is 0 Å². The molecule has 1 atom stereocenters. The Morgan fingerprint density at radius 3 is 2.73 bits per heavy atom. The largest absolute Gasteiger partial charge is 0.466 e. The summed E-state index contributed by atoms with van der Waals surface area (Å²) in [4.78, 5) is 45.4. The summed E-state index contributed by atoms with van der Waals surface area (Å²) >= 11 is 0. The van der Waals surface area contributed by atoms with E-state index < -0.39 is 0 Å². The maximum absolute atomic E-state index is 13.0. The first-order valence-electron chi connectivity index (χ1n) is 10.4. The number of hydrogen-bond donors (Lipinski definition) is 0. The monoisotopic (exact) mass is 411 g/mol. The molecule has 2 aromatic rings. The van der Waals surface area contributed by atoms with Crippen molar-refractivity contribution >= 4 is 28.7 Å². The molecule has 0 radical (unpaired) electrons. The van der Waals surface area contributed by atoms with Gasteiger partial charge in [0, 0.05) is 25.5 Å². The van der Waals surface area contributed by atoms with Gasteiger partial charge in [-0.15, -0.1) is 0 Å². The molecule has 1 fully saturated rings. The predicted molar refractivity (Wildman–Crippen MR) is 114 cm³/mol. The number of ether oxygens (including phenoxy) is 1. The number of benzene rings is 1. The molecule has 1 saturated heterocycles. The van der Waals surface area contributed by atoms with Gasteiger partial charge in [-0.2, -0.15) is 0 Å². The number of hydrogen-bond acceptors (Lipinski definition) is 5. The Labute approximate surface area is 177 Å². The van der Waals surface area contributed by atoms with Gasteiger partial charge in [-0.1, -0.05) is 11.6 Å². The second-order valence-electron chi connectivity index (χ2n) is 7.91. The Hall–Kier alpha value is -2.96. The molecule has 1 aromatic carbocycles. The number of nitrogens with zero attached hydrogens (tertiary/aromatic N) is 3. The van der Waals surface area contributed by atoms with Gasteiger partial charge in [0.15, 0.2) is 0 Å². The van der Waals surface area contributed by atoms with Gasteiger partial charge in [0.1, 0.15) is 0 Å². The van der Waals surface area contributed by atoms with Gasteiger partial charge >= 0.3 is 5.97 Å². The van der Waals surface area contributed by atoms with E-state index in [-0.39, 0.29) is 30.2 Å². The van der Waals surface area contributed by atoms with Gasteiger partial charge in [0.25, 0.3) is 5.91 Å². The summed E-state index contributed by atoms with van der Waals surface area (Å²) < 4.78 is 5.09. The number of amides is 2. The van der Waals surface area contributed by atoms with Crippen LogP contribution in [0.5, 0.6) is 0 Å². The first kappa shape index (κ1) is 21.7. The fourth-order valence-corrected chi connectivity index (χ4v) is 3.85. The van der Waals surface area contributed by atoms with Crippen LogP contribution in [0.4, 0.5) is 0 Å². The molecule has 0 spiro atoms. The van der Waals surface area contributed by atoms with Crippen molar-refractivity contribution in [3.05, 3.63) is 41.1 Å². The molecule has 7 heteroatoms. The van der Waals surface area contributed by atoms with E-state index >= 15 is 0 Å². The summed E-state index contributed by atoms with van der Waals surface area (Å²) in [5, 5.41) is 0.900. The Kier molecular flexibility index (Phi) is 6.70. The van der Waals surface area contributed by atoms with Gasteiger partial charge in [-0.3, -0.25) is 19.4 Å². The van der Waals surface area contributed by atoms with E-state index in [2.05, 4.69) is 4.98 Å². The lowest BCUT2D eigenvalue weighted by Gasteiger charge is -2.32. The second-order valence-corrected chi connectivity index (χ2v) is 7.91. The lowest BCUT2D eigenvalue weighted by molar-refractivity contribution is -0.151. The Morgan fingerprint density at radius 1 is 1.23 bits per heavy atom. The molecule has 160 valence electrons. The summed E-state index contributed by atoms with van der Waals surface area (Å²) in [6, 6.07) is 7.76. The van der Waals surface area contributed by atoms with Gasteiger partial charge in [0.05, 0.1) is 35.8 Å². The second kappa shape index (κ2) is 9.24. The molecule has 0 bridgehead atoms. The van der Waals surface area contributed by atoms with E-state index in [1.54, 1.807) is 25.8 Å². The zero-order valence-corrected chi connectivity index (χ0v) is 18.1. The smallest absolute Gasteiger partial charge is 0.310 e. The average Bonchev–Trinajstić information content (AvgIpc) is 2.73.